The average molecular weight is 256 g/mol. The first kappa shape index (κ1) is 14.5. The topological polar surface area (TPSA) is 42.7 Å². The molecule has 1 atom stereocenters. The van der Waals surface area contributed by atoms with Gasteiger partial charge in [0.25, 0.3) is 0 Å². The van der Waals surface area contributed by atoms with E-state index >= 15 is 0 Å². The van der Waals surface area contributed by atoms with Gasteiger partial charge in [-0.3, -0.25) is 0 Å². The molecule has 0 aliphatic rings. The maximum absolute atomic E-state index is 4.18. The van der Waals surface area contributed by atoms with Gasteiger partial charge in [-0.05, 0) is 26.3 Å². The van der Waals surface area contributed by atoms with Crippen molar-refractivity contribution in [3.63, 3.8) is 0 Å². The molecule has 0 saturated heterocycles. The van der Waals surface area contributed by atoms with Gasteiger partial charge in [-0.2, -0.15) is 0 Å². The first-order valence-corrected chi connectivity index (χ1v) is 7.39. The Hall–Kier alpha value is -0.550. The quantitative estimate of drug-likeness (QED) is 0.725. The Labute approximate surface area is 109 Å². The number of thioether (sulfide) groups is 1. The van der Waals surface area contributed by atoms with Crippen LogP contribution in [0.3, 0.4) is 0 Å². The van der Waals surface area contributed by atoms with Gasteiger partial charge in [0.05, 0.1) is 0 Å². The molecule has 1 aromatic rings. The van der Waals surface area contributed by atoms with Crippen LogP contribution in [0.2, 0.25) is 0 Å². The summed E-state index contributed by atoms with van der Waals surface area (Å²) in [5.41, 5.74) is 0. The molecule has 1 N–H and O–H groups in total. The predicted octanol–water partition coefficient (Wildman–Crippen LogP) is 2.38. The van der Waals surface area contributed by atoms with Crippen molar-refractivity contribution in [3.05, 3.63) is 5.82 Å². The standard InChI is InChI=1S/C12H24N4S/c1-5-7-11(13-8-6-2)9-17-12-15-14-10(3)16(12)4/h11,13H,5-9H2,1-4H3. The van der Waals surface area contributed by atoms with Crippen LogP contribution in [0, 0.1) is 6.92 Å². The van der Waals surface area contributed by atoms with Gasteiger partial charge >= 0.3 is 0 Å². The second kappa shape index (κ2) is 7.71. The van der Waals surface area contributed by atoms with Gasteiger partial charge < -0.3 is 9.88 Å². The number of hydrogen-bond acceptors (Lipinski definition) is 4. The fraction of sp³-hybridized carbons (Fsp3) is 0.833. The predicted molar refractivity (Wildman–Crippen MR) is 73.5 cm³/mol. The lowest BCUT2D eigenvalue weighted by Gasteiger charge is -2.16. The van der Waals surface area contributed by atoms with E-state index < -0.39 is 0 Å². The lowest BCUT2D eigenvalue weighted by molar-refractivity contribution is 0.514. The average Bonchev–Trinajstić information content (AvgIpc) is 2.64. The zero-order valence-electron chi connectivity index (χ0n) is 11.4. The van der Waals surface area contributed by atoms with E-state index in [1.165, 1.54) is 19.3 Å². The van der Waals surface area contributed by atoms with E-state index in [2.05, 4.69) is 29.4 Å². The van der Waals surface area contributed by atoms with Gasteiger partial charge in [0.15, 0.2) is 5.16 Å². The third-order valence-corrected chi connectivity index (χ3v) is 3.97. The lowest BCUT2D eigenvalue weighted by atomic mass is 10.2. The third-order valence-electron chi connectivity index (χ3n) is 2.79. The highest BCUT2D eigenvalue weighted by atomic mass is 32.2. The van der Waals surface area contributed by atoms with Crippen LogP contribution in [0.5, 0.6) is 0 Å². The first-order valence-electron chi connectivity index (χ1n) is 6.41. The molecule has 0 bridgehead atoms. The van der Waals surface area contributed by atoms with Crippen molar-refractivity contribution in [1.82, 2.24) is 20.1 Å². The highest BCUT2D eigenvalue weighted by molar-refractivity contribution is 7.99. The fourth-order valence-corrected chi connectivity index (χ4v) is 2.69. The van der Waals surface area contributed by atoms with Gasteiger partial charge in [-0.15, -0.1) is 10.2 Å². The van der Waals surface area contributed by atoms with Crippen molar-refractivity contribution >= 4 is 11.8 Å². The fourth-order valence-electron chi connectivity index (χ4n) is 1.63. The number of aromatic nitrogens is 3. The van der Waals surface area contributed by atoms with Gasteiger partial charge in [0.2, 0.25) is 0 Å². The molecule has 98 valence electrons. The van der Waals surface area contributed by atoms with Crippen LogP contribution in [0.1, 0.15) is 38.9 Å². The van der Waals surface area contributed by atoms with Crippen LogP contribution in [0.25, 0.3) is 0 Å². The van der Waals surface area contributed by atoms with Crippen molar-refractivity contribution in [2.24, 2.45) is 7.05 Å². The maximum Gasteiger partial charge on any atom is 0.190 e. The van der Waals surface area contributed by atoms with Gasteiger partial charge in [-0.25, -0.2) is 0 Å². The molecule has 0 aliphatic carbocycles. The zero-order chi connectivity index (χ0) is 12.7. The van der Waals surface area contributed by atoms with Gasteiger partial charge in [-0.1, -0.05) is 32.0 Å². The molecule has 0 spiro atoms. The van der Waals surface area contributed by atoms with Crippen LogP contribution in [0.15, 0.2) is 5.16 Å². The Balaban J connectivity index is 2.42. The number of nitrogens with zero attached hydrogens (tertiary/aromatic N) is 3. The Morgan fingerprint density at radius 3 is 2.59 bits per heavy atom. The summed E-state index contributed by atoms with van der Waals surface area (Å²) in [6, 6.07) is 0.585. The summed E-state index contributed by atoms with van der Waals surface area (Å²) in [4.78, 5) is 0. The van der Waals surface area contributed by atoms with E-state index in [0.29, 0.717) is 6.04 Å². The molecule has 0 amide bonds. The largest absolute Gasteiger partial charge is 0.313 e. The van der Waals surface area contributed by atoms with Gasteiger partial charge in [0, 0.05) is 18.8 Å². The van der Waals surface area contributed by atoms with Gasteiger partial charge in [0.1, 0.15) is 5.82 Å². The molecular weight excluding hydrogens is 232 g/mol. The highest BCUT2D eigenvalue weighted by Gasteiger charge is 2.10. The SMILES string of the molecule is CCCNC(CCC)CSc1nnc(C)n1C. The molecule has 0 aromatic carbocycles. The summed E-state index contributed by atoms with van der Waals surface area (Å²) in [6.45, 7) is 7.52. The molecule has 17 heavy (non-hydrogen) atoms. The van der Waals surface area contributed by atoms with Crippen LogP contribution < -0.4 is 5.32 Å². The second-order valence-electron chi connectivity index (χ2n) is 4.34. The van der Waals surface area contributed by atoms with Crippen LogP contribution in [-0.4, -0.2) is 33.1 Å². The normalized spacial score (nSPS) is 12.9. The van der Waals surface area contributed by atoms with E-state index in [0.717, 1.165) is 23.3 Å². The molecule has 0 saturated carbocycles. The molecule has 5 heteroatoms. The number of hydrogen-bond donors (Lipinski definition) is 1. The first-order chi connectivity index (χ1) is 8.19. The monoisotopic (exact) mass is 256 g/mol. The highest BCUT2D eigenvalue weighted by Crippen LogP contribution is 2.17. The summed E-state index contributed by atoms with van der Waals surface area (Å²) in [5.74, 6) is 2.04. The molecule has 4 nitrogen and oxygen atoms in total. The number of nitrogens with one attached hydrogen (secondary N) is 1. The summed E-state index contributed by atoms with van der Waals surface area (Å²) < 4.78 is 2.05. The third kappa shape index (κ3) is 4.68. The molecule has 1 heterocycles. The molecule has 0 aliphatic heterocycles. The van der Waals surface area contributed by atoms with E-state index in [1.54, 1.807) is 11.8 Å². The molecule has 1 aromatic heterocycles. The second-order valence-corrected chi connectivity index (χ2v) is 5.33. The molecular formula is C12H24N4S. The van der Waals surface area contributed by atoms with Crippen molar-refractivity contribution in [3.8, 4) is 0 Å². The Bertz CT molecular complexity index is 324. The summed E-state index contributed by atoms with van der Waals surface area (Å²) >= 11 is 1.79. The lowest BCUT2D eigenvalue weighted by Crippen LogP contribution is -2.31. The summed E-state index contributed by atoms with van der Waals surface area (Å²) in [6.07, 6.45) is 3.64. The van der Waals surface area contributed by atoms with E-state index in [1.807, 2.05) is 18.5 Å². The van der Waals surface area contributed by atoms with Crippen molar-refractivity contribution in [2.45, 2.75) is 51.2 Å². The minimum Gasteiger partial charge on any atom is -0.313 e. The van der Waals surface area contributed by atoms with Crippen LogP contribution in [0.4, 0.5) is 0 Å². The summed E-state index contributed by atoms with van der Waals surface area (Å²) in [7, 11) is 2.02. The minimum absolute atomic E-state index is 0.585. The Morgan fingerprint density at radius 2 is 2.06 bits per heavy atom. The smallest absolute Gasteiger partial charge is 0.190 e. The zero-order valence-corrected chi connectivity index (χ0v) is 12.2. The number of aryl methyl sites for hydroxylation is 1. The molecule has 0 fully saturated rings. The molecule has 1 rings (SSSR count). The van der Waals surface area contributed by atoms with E-state index in [4.69, 9.17) is 0 Å². The molecule has 0 radical (unpaired) electrons. The van der Waals surface area contributed by atoms with E-state index in [-0.39, 0.29) is 0 Å². The van der Waals surface area contributed by atoms with E-state index in [9.17, 15) is 0 Å². The van der Waals surface area contributed by atoms with Crippen molar-refractivity contribution in [2.75, 3.05) is 12.3 Å². The maximum atomic E-state index is 4.18. The van der Waals surface area contributed by atoms with Crippen molar-refractivity contribution in [1.29, 1.82) is 0 Å². The Kier molecular flexibility index (Phi) is 6.58. The molecule has 1 unspecified atom stereocenters. The summed E-state index contributed by atoms with van der Waals surface area (Å²) in [5, 5.41) is 12.9. The van der Waals surface area contributed by atoms with Crippen LogP contribution in [-0.2, 0) is 7.05 Å². The van der Waals surface area contributed by atoms with Crippen LogP contribution >= 0.6 is 11.8 Å². The minimum atomic E-state index is 0.585. The number of rotatable bonds is 8. The van der Waals surface area contributed by atoms with Crippen molar-refractivity contribution < 1.29 is 0 Å². The Morgan fingerprint density at radius 1 is 1.29 bits per heavy atom.